The normalized spacial score (nSPS) is 19.2. The minimum atomic E-state index is -0.163. The van der Waals surface area contributed by atoms with E-state index in [2.05, 4.69) is 15.5 Å². The lowest BCUT2D eigenvalue weighted by Crippen LogP contribution is -2.31. The third kappa shape index (κ3) is 2.94. The lowest BCUT2D eigenvalue weighted by atomic mass is 10.1. The lowest BCUT2D eigenvalue weighted by Gasteiger charge is -2.18. The first-order valence-corrected chi connectivity index (χ1v) is 8.14. The van der Waals surface area contributed by atoms with Gasteiger partial charge in [0.1, 0.15) is 13.2 Å². The summed E-state index contributed by atoms with van der Waals surface area (Å²) in [6.07, 6.45) is 3.69. The molecule has 4 rings (SSSR count). The van der Waals surface area contributed by atoms with E-state index < -0.39 is 0 Å². The number of rotatable bonds is 4. The molecule has 1 saturated heterocycles. The predicted octanol–water partition coefficient (Wildman–Crippen LogP) is 1.76. The Labute approximate surface area is 139 Å². The molecule has 24 heavy (non-hydrogen) atoms. The molecule has 2 aliphatic heterocycles. The minimum Gasteiger partial charge on any atom is -0.486 e. The van der Waals surface area contributed by atoms with Crippen LogP contribution >= 0.6 is 0 Å². The van der Waals surface area contributed by atoms with Gasteiger partial charge in [0, 0.05) is 18.7 Å². The average molecular weight is 329 g/mol. The maximum atomic E-state index is 12.5. The fourth-order valence-electron chi connectivity index (χ4n) is 2.98. The van der Waals surface area contributed by atoms with Crippen molar-refractivity contribution in [2.45, 2.75) is 18.9 Å². The molecule has 0 spiro atoms. The number of H-pyrrole nitrogens is 1. The van der Waals surface area contributed by atoms with Crippen molar-refractivity contribution in [3.63, 3.8) is 0 Å². The molecular weight excluding hydrogens is 310 g/mol. The van der Waals surface area contributed by atoms with Crippen molar-refractivity contribution < 1.29 is 19.0 Å². The van der Waals surface area contributed by atoms with Crippen molar-refractivity contribution >= 4 is 5.91 Å². The molecule has 2 aromatic rings. The monoisotopic (exact) mass is 329 g/mol. The summed E-state index contributed by atoms with van der Waals surface area (Å²) in [5.41, 5.74) is 2.00. The Balaban J connectivity index is 1.52. The number of aromatic amines is 1. The molecule has 1 aromatic heterocycles. The summed E-state index contributed by atoms with van der Waals surface area (Å²) in [6, 6.07) is 5.59. The van der Waals surface area contributed by atoms with Gasteiger partial charge in [-0.05, 0) is 31.0 Å². The highest BCUT2D eigenvalue weighted by atomic mass is 16.6. The third-order valence-electron chi connectivity index (χ3n) is 4.23. The molecule has 1 amide bonds. The average Bonchev–Trinajstić information content (AvgIpc) is 3.31. The van der Waals surface area contributed by atoms with E-state index in [1.165, 1.54) is 6.20 Å². The summed E-state index contributed by atoms with van der Waals surface area (Å²) >= 11 is 0. The fraction of sp³-hybridized carbons (Fsp3) is 0.412. The van der Waals surface area contributed by atoms with Crippen molar-refractivity contribution in [2.24, 2.45) is 0 Å². The standard InChI is InChI=1S/C17H19N3O4/c21-17(18-9-12-2-1-5-22-12)13-10-19-20-16(13)11-3-4-14-15(8-11)24-7-6-23-14/h3-4,8,10,12H,1-2,5-7,9H2,(H,18,21)(H,19,20)/t12-/m1/s1. The number of carbonyl (C=O) groups is 1. The topological polar surface area (TPSA) is 85.5 Å². The second kappa shape index (κ2) is 6.52. The molecule has 7 nitrogen and oxygen atoms in total. The van der Waals surface area contributed by atoms with Gasteiger partial charge >= 0.3 is 0 Å². The number of hydrogen-bond acceptors (Lipinski definition) is 5. The Hall–Kier alpha value is -2.54. The van der Waals surface area contributed by atoms with E-state index in [0.29, 0.717) is 42.5 Å². The van der Waals surface area contributed by atoms with Crippen LogP contribution in [0.3, 0.4) is 0 Å². The highest BCUT2D eigenvalue weighted by molar-refractivity contribution is 5.99. The van der Waals surface area contributed by atoms with Gasteiger partial charge in [0.05, 0.1) is 23.6 Å². The van der Waals surface area contributed by atoms with Gasteiger partial charge in [-0.25, -0.2) is 0 Å². The molecule has 1 fully saturated rings. The zero-order valence-electron chi connectivity index (χ0n) is 13.2. The molecular formula is C17H19N3O4. The first kappa shape index (κ1) is 15.0. The van der Waals surface area contributed by atoms with Gasteiger partial charge in [-0.2, -0.15) is 5.10 Å². The van der Waals surface area contributed by atoms with Gasteiger partial charge in [0.15, 0.2) is 11.5 Å². The van der Waals surface area contributed by atoms with E-state index in [1.54, 1.807) is 0 Å². The van der Waals surface area contributed by atoms with Gasteiger partial charge in [-0.15, -0.1) is 0 Å². The van der Waals surface area contributed by atoms with E-state index in [1.807, 2.05) is 18.2 Å². The highest BCUT2D eigenvalue weighted by Gasteiger charge is 2.20. The third-order valence-corrected chi connectivity index (χ3v) is 4.23. The Morgan fingerprint density at radius 3 is 2.96 bits per heavy atom. The fourth-order valence-corrected chi connectivity index (χ4v) is 2.98. The molecule has 2 N–H and O–H groups in total. The largest absolute Gasteiger partial charge is 0.486 e. The van der Waals surface area contributed by atoms with Crippen LogP contribution in [0, 0.1) is 0 Å². The summed E-state index contributed by atoms with van der Waals surface area (Å²) < 4.78 is 16.7. The first-order chi connectivity index (χ1) is 11.8. The van der Waals surface area contributed by atoms with E-state index in [-0.39, 0.29) is 12.0 Å². The summed E-state index contributed by atoms with van der Waals surface area (Å²) in [6.45, 7) is 2.36. The maximum Gasteiger partial charge on any atom is 0.255 e. The van der Waals surface area contributed by atoms with Crippen molar-refractivity contribution in [1.82, 2.24) is 15.5 Å². The number of fused-ring (bicyclic) bond motifs is 1. The Morgan fingerprint density at radius 2 is 2.12 bits per heavy atom. The summed E-state index contributed by atoms with van der Waals surface area (Å²) in [4.78, 5) is 12.5. The van der Waals surface area contributed by atoms with Crippen LogP contribution in [-0.2, 0) is 4.74 Å². The summed E-state index contributed by atoms with van der Waals surface area (Å²) in [5.74, 6) is 1.23. The molecule has 126 valence electrons. The van der Waals surface area contributed by atoms with Crippen LogP contribution in [0.4, 0.5) is 0 Å². The quantitative estimate of drug-likeness (QED) is 0.893. The highest BCUT2D eigenvalue weighted by Crippen LogP contribution is 2.34. The Kier molecular flexibility index (Phi) is 4.08. The number of aromatic nitrogens is 2. The van der Waals surface area contributed by atoms with Crippen LogP contribution in [0.2, 0.25) is 0 Å². The van der Waals surface area contributed by atoms with Crippen LogP contribution in [0.5, 0.6) is 11.5 Å². The first-order valence-electron chi connectivity index (χ1n) is 8.14. The number of nitrogens with one attached hydrogen (secondary N) is 2. The maximum absolute atomic E-state index is 12.5. The van der Waals surface area contributed by atoms with Crippen molar-refractivity contribution in [2.75, 3.05) is 26.4 Å². The second-order valence-corrected chi connectivity index (χ2v) is 5.86. The number of nitrogens with zero attached hydrogens (tertiary/aromatic N) is 1. The van der Waals surface area contributed by atoms with Gasteiger partial charge in [-0.1, -0.05) is 0 Å². The van der Waals surface area contributed by atoms with Gasteiger partial charge in [0.25, 0.3) is 5.91 Å². The van der Waals surface area contributed by atoms with Crippen LogP contribution in [0.1, 0.15) is 23.2 Å². The van der Waals surface area contributed by atoms with Gasteiger partial charge in [-0.3, -0.25) is 9.89 Å². The zero-order chi connectivity index (χ0) is 16.4. The van der Waals surface area contributed by atoms with Crippen LogP contribution in [0.15, 0.2) is 24.4 Å². The van der Waals surface area contributed by atoms with E-state index >= 15 is 0 Å². The van der Waals surface area contributed by atoms with Crippen molar-refractivity contribution in [3.05, 3.63) is 30.0 Å². The van der Waals surface area contributed by atoms with E-state index in [4.69, 9.17) is 14.2 Å². The van der Waals surface area contributed by atoms with Crippen LogP contribution in [0.25, 0.3) is 11.3 Å². The molecule has 0 radical (unpaired) electrons. The van der Waals surface area contributed by atoms with Crippen molar-refractivity contribution in [1.29, 1.82) is 0 Å². The number of hydrogen-bond donors (Lipinski definition) is 2. The minimum absolute atomic E-state index is 0.110. The predicted molar refractivity (Wildman–Crippen MR) is 86.3 cm³/mol. The van der Waals surface area contributed by atoms with Crippen molar-refractivity contribution in [3.8, 4) is 22.8 Å². The van der Waals surface area contributed by atoms with E-state index in [9.17, 15) is 4.79 Å². The molecule has 0 unspecified atom stereocenters. The second-order valence-electron chi connectivity index (χ2n) is 5.86. The number of carbonyl (C=O) groups excluding carboxylic acids is 1. The Morgan fingerprint density at radius 1 is 1.25 bits per heavy atom. The molecule has 0 aliphatic carbocycles. The van der Waals surface area contributed by atoms with Gasteiger partial charge in [0.2, 0.25) is 0 Å². The zero-order valence-corrected chi connectivity index (χ0v) is 13.2. The number of amides is 1. The summed E-state index contributed by atoms with van der Waals surface area (Å²) in [7, 11) is 0. The number of ether oxygens (including phenoxy) is 3. The smallest absolute Gasteiger partial charge is 0.255 e. The number of benzene rings is 1. The van der Waals surface area contributed by atoms with Crippen LogP contribution in [-0.4, -0.2) is 48.6 Å². The molecule has 1 aromatic carbocycles. The summed E-state index contributed by atoms with van der Waals surface area (Å²) in [5, 5.41) is 9.84. The van der Waals surface area contributed by atoms with Gasteiger partial charge < -0.3 is 19.5 Å². The molecule has 3 heterocycles. The molecule has 7 heteroatoms. The van der Waals surface area contributed by atoms with Crippen LogP contribution < -0.4 is 14.8 Å². The molecule has 0 bridgehead atoms. The molecule has 0 saturated carbocycles. The molecule has 1 atom stereocenters. The SMILES string of the molecule is O=C(NC[C@H]1CCCO1)c1cn[nH]c1-c1ccc2c(c1)OCCO2. The molecule has 2 aliphatic rings. The van der Waals surface area contributed by atoms with E-state index in [0.717, 1.165) is 25.0 Å². The lowest BCUT2D eigenvalue weighted by molar-refractivity contribution is 0.0858. The Bertz CT molecular complexity index is 737.